The summed E-state index contributed by atoms with van der Waals surface area (Å²) >= 11 is 20.2. The van der Waals surface area contributed by atoms with E-state index in [0.29, 0.717) is 32.8 Å². The van der Waals surface area contributed by atoms with E-state index in [1.165, 1.54) is 11.8 Å². The molecule has 0 bridgehead atoms. The van der Waals surface area contributed by atoms with E-state index in [0.717, 1.165) is 5.56 Å². The van der Waals surface area contributed by atoms with Crippen molar-refractivity contribution in [1.29, 1.82) is 0 Å². The molecule has 1 atom stereocenters. The van der Waals surface area contributed by atoms with E-state index >= 15 is 0 Å². The van der Waals surface area contributed by atoms with Crippen LogP contribution in [-0.4, -0.2) is 34.0 Å². The lowest BCUT2D eigenvalue weighted by atomic mass is 10.1. The second-order valence-electron chi connectivity index (χ2n) is 8.50. The molecule has 1 N–H and O–H groups in total. The first-order valence-corrected chi connectivity index (χ1v) is 12.7. The second-order valence-corrected chi connectivity index (χ2v) is 10.7. The molecule has 0 fully saturated rings. The van der Waals surface area contributed by atoms with Crippen molar-refractivity contribution >= 4 is 58.4 Å². The molecule has 0 aliphatic rings. The molecule has 2 amide bonds. The van der Waals surface area contributed by atoms with Gasteiger partial charge >= 0.3 is 0 Å². The highest BCUT2D eigenvalue weighted by Gasteiger charge is 2.31. The molecule has 4 nitrogen and oxygen atoms in total. The van der Waals surface area contributed by atoms with E-state index in [2.05, 4.69) is 5.32 Å². The predicted molar refractivity (Wildman–Crippen MR) is 137 cm³/mol. The van der Waals surface area contributed by atoms with Crippen molar-refractivity contribution in [2.24, 2.45) is 0 Å². The number of nitrogens with one attached hydrogen (secondary N) is 1. The summed E-state index contributed by atoms with van der Waals surface area (Å²) in [4.78, 5) is 27.9. The van der Waals surface area contributed by atoms with Gasteiger partial charge in [-0.3, -0.25) is 9.59 Å². The van der Waals surface area contributed by atoms with E-state index < -0.39 is 11.6 Å². The van der Waals surface area contributed by atoms with Gasteiger partial charge in [-0.25, -0.2) is 0 Å². The van der Waals surface area contributed by atoms with Gasteiger partial charge in [0.2, 0.25) is 11.8 Å². The molecule has 2 aromatic rings. The highest BCUT2D eigenvalue weighted by molar-refractivity contribution is 7.99. The average molecular weight is 516 g/mol. The summed E-state index contributed by atoms with van der Waals surface area (Å²) in [6, 6.07) is 12.1. The smallest absolute Gasteiger partial charge is 0.243 e. The molecule has 174 valence electrons. The Morgan fingerprint density at radius 2 is 1.62 bits per heavy atom. The van der Waals surface area contributed by atoms with Crippen molar-refractivity contribution in [1.82, 2.24) is 10.2 Å². The van der Waals surface area contributed by atoms with E-state index in [9.17, 15) is 9.59 Å². The maximum absolute atomic E-state index is 13.3. The molecule has 32 heavy (non-hydrogen) atoms. The van der Waals surface area contributed by atoms with Crippen LogP contribution in [0.3, 0.4) is 0 Å². The van der Waals surface area contributed by atoms with Crippen LogP contribution in [-0.2, 0) is 21.9 Å². The zero-order valence-corrected chi connectivity index (χ0v) is 21.8. The fourth-order valence-corrected chi connectivity index (χ4v) is 4.66. The molecule has 2 rings (SSSR count). The molecular weight excluding hydrogens is 487 g/mol. The summed E-state index contributed by atoms with van der Waals surface area (Å²) in [5.74, 6) is 0.550. The number of hydrogen-bond donors (Lipinski definition) is 1. The van der Waals surface area contributed by atoms with Gasteiger partial charge in [-0.2, -0.15) is 0 Å². The lowest BCUT2D eigenvalue weighted by Crippen LogP contribution is -2.53. The van der Waals surface area contributed by atoms with Crippen LogP contribution in [0, 0.1) is 0 Å². The lowest BCUT2D eigenvalue weighted by molar-refractivity contribution is -0.140. The van der Waals surface area contributed by atoms with Crippen molar-refractivity contribution < 1.29 is 9.59 Å². The number of carbonyl (C=O) groups excluding carboxylic acids is 2. The number of benzene rings is 2. The van der Waals surface area contributed by atoms with Crippen LogP contribution in [0.25, 0.3) is 0 Å². The van der Waals surface area contributed by atoms with Gasteiger partial charge in [0.15, 0.2) is 0 Å². The molecule has 0 spiro atoms. The van der Waals surface area contributed by atoms with Gasteiger partial charge in [-0.1, -0.05) is 59.9 Å². The molecule has 0 saturated heterocycles. The number of rotatable bonds is 9. The van der Waals surface area contributed by atoms with Crippen LogP contribution < -0.4 is 5.32 Å². The van der Waals surface area contributed by atoms with Gasteiger partial charge in [-0.05, 0) is 57.0 Å². The standard InChI is InChI=1S/C24H29Cl3N2O2S/c1-5-21(23(31)28-24(2,3)4)29(13-18-19(26)7-6-8-20(18)27)22(30)15-32-14-16-9-11-17(25)12-10-16/h6-12,21H,5,13-15H2,1-4H3,(H,28,31). The summed E-state index contributed by atoms with van der Waals surface area (Å²) in [5.41, 5.74) is 1.30. The Kier molecular flexibility index (Phi) is 10.2. The topological polar surface area (TPSA) is 49.4 Å². The van der Waals surface area contributed by atoms with E-state index in [1.807, 2.05) is 52.0 Å². The Hall–Kier alpha value is -1.40. The normalized spacial score (nSPS) is 12.3. The summed E-state index contributed by atoms with van der Waals surface area (Å²) in [6.45, 7) is 7.79. The maximum atomic E-state index is 13.3. The molecule has 0 saturated carbocycles. The van der Waals surface area contributed by atoms with Crippen molar-refractivity contribution in [2.45, 2.75) is 58.0 Å². The SMILES string of the molecule is CCC(C(=O)NC(C)(C)C)N(Cc1c(Cl)cccc1Cl)C(=O)CSCc1ccc(Cl)cc1. The first-order chi connectivity index (χ1) is 15.0. The minimum atomic E-state index is -0.634. The van der Waals surface area contributed by atoms with E-state index in [1.54, 1.807) is 23.1 Å². The largest absolute Gasteiger partial charge is 0.350 e. The van der Waals surface area contributed by atoms with Crippen LogP contribution in [0.15, 0.2) is 42.5 Å². The third-order valence-corrected chi connectivity index (χ3v) is 6.63. The Morgan fingerprint density at radius 1 is 1.03 bits per heavy atom. The minimum absolute atomic E-state index is 0.143. The Morgan fingerprint density at radius 3 is 2.16 bits per heavy atom. The van der Waals surface area contributed by atoms with Gasteiger partial charge in [0.1, 0.15) is 6.04 Å². The van der Waals surface area contributed by atoms with Crippen LogP contribution >= 0.6 is 46.6 Å². The number of thioether (sulfide) groups is 1. The number of halogens is 3. The van der Waals surface area contributed by atoms with Gasteiger partial charge in [-0.15, -0.1) is 11.8 Å². The summed E-state index contributed by atoms with van der Waals surface area (Å²) in [6.07, 6.45) is 0.470. The highest BCUT2D eigenvalue weighted by atomic mass is 35.5. The second kappa shape index (κ2) is 12.2. The van der Waals surface area contributed by atoms with Crippen molar-refractivity contribution in [3.63, 3.8) is 0 Å². The molecule has 1 unspecified atom stereocenters. The summed E-state index contributed by atoms with van der Waals surface area (Å²) in [5, 5.41) is 4.60. The van der Waals surface area contributed by atoms with Crippen LogP contribution in [0.5, 0.6) is 0 Å². The quantitative estimate of drug-likeness (QED) is 0.409. The third-order valence-electron chi connectivity index (χ3n) is 4.68. The first-order valence-electron chi connectivity index (χ1n) is 10.4. The number of nitrogens with zero attached hydrogens (tertiary/aromatic N) is 1. The summed E-state index contributed by atoms with van der Waals surface area (Å²) in [7, 11) is 0. The van der Waals surface area contributed by atoms with Gasteiger partial charge in [0.25, 0.3) is 0 Å². The zero-order valence-electron chi connectivity index (χ0n) is 18.8. The maximum Gasteiger partial charge on any atom is 0.243 e. The average Bonchev–Trinajstić information content (AvgIpc) is 2.70. The summed E-state index contributed by atoms with van der Waals surface area (Å²) < 4.78 is 0. The Labute approximate surface area is 210 Å². The van der Waals surface area contributed by atoms with Crippen molar-refractivity contribution in [3.8, 4) is 0 Å². The van der Waals surface area contributed by atoms with E-state index in [4.69, 9.17) is 34.8 Å². The van der Waals surface area contributed by atoms with Crippen LogP contribution in [0.1, 0.15) is 45.2 Å². The molecule has 2 aromatic carbocycles. The van der Waals surface area contributed by atoms with Crippen molar-refractivity contribution in [2.75, 3.05) is 5.75 Å². The first kappa shape index (κ1) is 26.8. The Balaban J connectivity index is 2.22. The number of carbonyl (C=O) groups is 2. The van der Waals surface area contributed by atoms with Gasteiger partial charge in [0.05, 0.1) is 5.75 Å². The predicted octanol–water partition coefficient (Wildman–Crippen LogP) is 6.60. The molecule has 0 aliphatic heterocycles. The van der Waals surface area contributed by atoms with Crippen LogP contribution in [0.4, 0.5) is 0 Å². The monoisotopic (exact) mass is 514 g/mol. The molecule has 8 heteroatoms. The number of amides is 2. The van der Waals surface area contributed by atoms with Gasteiger partial charge in [0, 0.05) is 38.5 Å². The lowest BCUT2D eigenvalue weighted by Gasteiger charge is -2.33. The van der Waals surface area contributed by atoms with Gasteiger partial charge < -0.3 is 10.2 Å². The zero-order chi connectivity index (χ0) is 23.9. The molecule has 0 radical (unpaired) electrons. The molecule has 0 aromatic heterocycles. The van der Waals surface area contributed by atoms with Crippen molar-refractivity contribution in [3.05, 3.63) is 68.7 Å². The third kappa shape index (κ3) is 8.18. The molecule has 0 heterocycles. The number of hydrogen-bond acceptors (Lipinski definition) is 3. The fraction of sp³-hybridized carbons (Fsp3) is 0.417. The molecular formula is C24H29Cl3N2O2S. The van der Waals surface area contributed by atoms with Crippen LogP contribution in [0.2, 0.25) is 15.1 Å². The fourth-order valence-electron chi connectivity index (χ4n) is 3.15. The van der Waals surface area contributed by atoms with E-state index in [-0.39, 0.29) is 24.1 Å². The molecule has 0 aliphatic carbocycles. The highest BCUT2D eigenvalue weighted by Crippen LogP contribution is 2.27. The Bertz CT molecular complexity index is 910. The minimum Gasteiger partial charge on any atom is -0.350 e.